The van der Waals surface area contributed by atoms with Crippen molar-refractivity contribution in [3.05, 3.63) is 29.8 Å². The monoisotopic (exact) mass is 222 g/mol. The van der Waals surface area contributed by atoms with Crippen molar-refractivity contribution < 1.29 is 14.3 Å². The molecule has 1 aromatic rings. The Morgan fingerprint density at radius 2 is 2.06 bits per heavy atom. The number of hydrogen-bond acceptors (Lipinski definition) is 3. The first-order chi connectivity index (χ1) is 7.69. The second-order valence-electron chi connectivity index (χ2n) is 3.63. The molecule has 0 N–H and O–H groups in total. The Balaban J connectivity index is 2.75. The van der Waals surface area contributed by atoms with Crippen LogP contribution in [0, 0.1) is 0 Å². The molecular weight excluding hydrogens is 204 g/mol. The third-order valence-electron chi connectivity index (χ3n) is 2.38. The molecule has 0 aliphatic heterocycles. The summed E-state index contributed by atoms with van der Waals surface area (Å²) in [5, 5.41) is 0. The Morgan fingerprint density at radius 1 is 1.38 bits per heavy atom. The lowest BCUT2D eigenvalue weighted by Gasteiger charge is -2.13. The predicted molar refractivity (Wildman–Crippen MR) is 63.0 cm³/mol. The van der Waals surface area contributed by atoms with E-state index in [1.54, 1.807) is 13.2 Å². The average Bonchev–Trinajstić information content (AvgIpc) is 2.35. The van der Waals surface area contributed by atoms with Crippen LogP contribution in [0.2, 0.25) is 0 Å². The van der Waals surface area contributed by atoms with Crippen molar-refractivity contribution in [2.24, 2.45) is 0 Å². The van der Waals surface area contributed by atoms with E-state index in [1.807, 2.05) is 32.0 Å². The number of carbonyl (C=O) groups is 1. The number of benzene rings is 1. The van der Waals surface area contributed by atoms with Crippen LogP contribution < -0.4 is 4.74 Å². The molecule has 88 valence electrons. The van der Waals surface area contributed by atoms with E-state index >= 15 is 0 Å². The Labute approximate surface area is 96.4 Å². The summed E-state index contributed by atoms with van der Waals surface area (Å²) in [4.78, 5) is 11.6. The van der Waals surface area contributed by atoms with Crippen molar-refractivity contribution in [3.8, 4) is 5.75 Å². The third-order valence-corrected chi connectivity index (χ3v) is 2.38. The maximum atomic E-state index is 11.6. The highest BCUT2D eigenvalue weighted by atomic mass is 16.5. The van der Waals surface area contributed by atoms with Gasteiger partial charge in [0.15, 0.2) is 5.78 Å². The van der Waals surface area contributed by atoms with E-state index in [1.165, 1.54) is 0 Å². The SMILES string of the molecule is CCC(=O)c1ccccc1OCC(C)OC. The van der Waals surface area contributed by atoms with Gasteiger partial charge in [-0.1, -0.05) is 19.1 Å². The van der Waals surface area contributed by atoms with Gasteiger partial charge in [-0.05, 0) is 19.1 Å². The van der Waals surface area contributed by atoms with Gasteiger partial charge in [0, 0.05) is 13.5 Å². The lowest BCUT2D eigenvalue weighted by molar-refractivity contribution is 0.0707. The van der Waals surface area contributed by atoms with Crippen molar-refractivity contribution in [2.45, 2.75) is 26.4 Å². The quantitative estimate of drug-likeness (QED) is 0.694. The number of hydrogen-bond donors (Lipinski definition) is 0. The molecule has 16 heavy (non-hydrogen) atoms. The molecule has 0 amide bonds. The molecule has 0 aliphatic rings. The van der Waals surface area contributed by atoms with Gasteiger partial charge in [-0.2, -0.15) is 0 Å². The first-order valence-corrected chi connectivity index (χ1v) is 5.46. The molecule has 1 unspecified atom stereocenters. The van der Waals surface area contributed by atoms with E-state index in [9.17, 15) is 4.79 Å². The first-order valence-electron chi connectivity index (χ1n) is 5.46. The molecule has 0 heterocycles. The van der Waals surface area contributed by atoms with Crippen LogP contribution in [0.4, 0.5) is 0 Å². The topological polar surface area (TPSA) is 35.5 Å². The highest BCUT2D eigenvalue weighted by molar-refractivity contribution is 5.98. The summed E-state index contributed by atoms with van der Waals surface area (Å²) in [7, 11) is 1.64. The van der Waals surface area contributed by atoms with Crippen LogP contribution in [-0.4, -0.2) is 25.6 Å². The minimum atomic E-state index is 0.0183. The summed E-state index contributed by atoms with van der Waals surface area (Å²) in [6.07, 6.45) is 0.505. The second kappa shape index (κ2) is 6.28. The van der Waals surface area contributed by atoms with Crippen LogP contribution >= 0.6 is 0 Å². The fraction of sp³-hybridized carbons (Fsp3) is 0.462. The zero-order valence-electron chi connectivity index (χ0n) is 10.0. The molecule has 3 nitrogen and oxygen atoms in total. The molecule has 0 saturated carbocycles. The molecule has 0 saturated heterocycles. The van der Waals surface area contributed by atoms with E-state index < -0.39 is 0 Å². The molecule has 0 bridgehead atoms. The molecule has 1 atom stereocenters. The zero-order chi connectivity index (χ0) is 12.0. The Kier molecular flexibility index (Phi) is 4.99. The number of methoxy groups -OCH3 is 1. The first kappa shape index (κ1) is 12.7. The molecule has 3 heteroatoms. The highest BCUT2D eigenvalue weighted by Gasteiger charge is 2.10. The lowest BCUT2D eigenvalue weighted by Crippen LogP contribution is -2.17. The van der Waals surface area contributed by atoms with Gasteiger partial charge in [-0.15, -0.1) is 0 Å². The van der Waals surface area contributed by atoms with Crippen LogP contribution in [0.5, 0.6) is 5.75 Å². The van der Waals surface area contributed by atoms with E-state index in [2.05, 4.69) is 0 Å². The minimum Gasteiger partial charge on any atom is -0.490 e. The van der Waals surface area contributed by atoms with Gasteiger partial charge in [0.25, 0.3) is 0 Å². The summed E-state index contributed by atoms with van der Waals surface area (Å²) < 4.78 is 10.7. The Bertz CT molecular complexity index is 347. The van der Waals surface area contributed by atoms with E-state index in [4.69, 9.17) is 9.47 Å². The molecule has 0 radical (unpaired) electrons. The molecule has 0 aliphatic carbocycles. The smallest absolute Gasteiger partial charge is 0.166 e. The third kappa shape index (κ3) is 3.35. The number of para-hydroxylation sites is 1. The number of ether oxygens (including phenoxy) is 2. The van der Waals surface area contributed by atoms with Crippen LogP contribution in [0.1, 0.15) is 30.6 Å². The molecule has 0 spiro atoms. The summed E-state index contributed by atoms with van der Waals surface area (Å²) >= 11 is 0. The molecule has 1 rings (SSSR count). The number of rotatable bonds is 6. The van der Waals surface area contributed by atoms with Crippen LogP contribution in [0.3, 0.4) is 0 Å². The zero-order valence-corrected chi connectivity index (χ0v) is 10.0. The summed E-state index contributed by atoms with van der Waals surface area (Å²) in [5.41, 5.74) is 0.647. The van der Waals surface area contributed by atoms with Crippen molar-refractivity contribution in [2.75, 3.05) is 13.7 Å². The fourth-order valence-corrected chi connectivity index (χ4v) is 1.29. The van der Waals surface area contributed by atoms with Crippen molar-refractivity contribution in [1.82, 2.24) is 0 Å². The maximum absolute atomic E-state index is 11.6. The van der Waals surface area contributed by atoms with E-state index in [0.717, 1.165) is 0 Å². The molecule has 1 aromatic carbocycles. The maximum Gasteiger partial charge on any atom is 0.166 e. The van der Waals surface area contributed by atoms with Gasteiger partial charge in [0.2, 0.25) is 0 Å². The van der Waals surface area contributed by atoms with Crippen molar-refractivity contribution in [3.63, 3.8) is 0 Å². The van der Waals surface area contributed by atoms with Crippen LogP contribution in [-0.2, 0) is 4.74 Å². The highest BCUT2D eigenvalue weighted by Crippen LogP contribution is 2.19. The normalized spacial score (nSPS) is 12.2. The van der Waals surface area contributed by atoms with Crippen LogP contribution in [0.25, 0.3) is 0 Å². The largest absolute Gasteiger partial charge is 0.490 e. The van der Waals surface area contributed by atoms with Crippen LogP contribution in [0.15, 0.2) is 24.3 Å². The van der Waals surface area contributed by atoms with Gasteiger partial charge in [-0.25, -0.2) is 0 Å². The van der Waals surface area contributed by atoms with Gasteiger partial charge in [0.05, 0.1) is 11.7 Å². The lowest BCUT2D eigenvalue weighted by atomic mass is 10.1. The number of carbonyl (C=O) groups excluding carboxylic acids is 1. The van der Waals surface area contributed by atoms with Gasteiger partial charge in [0.1, 0.15) is 12.4 Å². The summed E-state index contributed by atoms with van der Waals surface area (Å²) in [6.45, 7) is 4.21. The fourth-order valence-electron chi connectivity index (χ4n) is 1.29. The summed E-state index contributed by atoms with van der Waals surface area (Å²) in [5.74, 6) is 0.735. The van der Waals surface area contributed by atoms with Gasteiger partial charge >= 0.3 is 0 Å². The van der Waals surface area contributed by atoms with Crippen molar-refractivity contribution in [1.29, 1.82) is 0 Å². The average molecular weight is 222 g/mol. The molecule has 0 aromatic heterocycles. The van der Waals surface area contributed by atoms with E-state index in [0.29, 0.717) is 24.3 Å². The van der Waals surface area contributed by atoms with Gasteiger partial charge < -0.3 is 9.47 Å². The summed E-state index contributed by atoms with van der Waals surface area (Å²) in [6, 6.07) is 7.30. The van der Waals surface area contributed by atoms with Gasteiger partial charge in [-0.3, -0.25) is 4.79 Å². The van der Waals surface area contributed by atoms with E-state index in [-0.39, 0.29) is 11.9 Å². The Hall–Kier alpha value is -1.35. The second-order valence-corrected chi connectivity index (χ2v) is 3.63. The standard InChI is InChI=1S/C13H18O3/c1-4-12(14)11-7-5-6-8-13(11)16-9-10(2)15-3/h5-8,10H,4,9H2,1-3H3. The number of Topliss-reactive ketones (excluding diaryl/α,β-unsaturated/α-hetero) is 1. The minimum absolute atomic E-state index is 0.0183. The predicted octanol–water partition coefficient (Wildman–Crippen LogP) is 2.69. The number of ketones is 1. The van der Waals surface area contributed by atoms with Crippen molar-refractivity contribution >= 4 is 5.78 Å². The molecular formula is C13H18O3. The molecule has 0 fully saturated rings. The Morgan fingerprint density at radius 3 is 2.69 bits per heavy atom.